The summed E-state index contributed by atoms with van der Waals surface area (Å²) in [5, 5.41) is 2.12. The number of hydrogen-bond donors (Lipinski definition) is 1. The van der Waals surface area contributed by atoms with E-state index in [9.17, 15) is 22.8 Å². The number of carbonyl (C=O) groups is 2. The lowest BCUT2D eigenvalue weighted by molar-refractivity contribution is -0.142. The maximum Gasteiger partial charge on any atom is 0.325 e. The Bertz CT molecular complexity index is 579. The highest BCUT2D eigenvalue weighted by molar-refractivity contribution is 5.96. The topological polar surface area (TPSA) is 55.4 Å². The Morgan fingerprint density at radius 1 is 0.960 bits per heavy atom. The van der Waals surface area contributed by atoms with Gasteiger partial charge in [0.25, 0.3) is 5.91 Å². The molecule has 4 nitrogen and oxygen atoms in total. The van der Waals surface area contributed by atoms with Gasteiger partial charge in [-0.15, -0.1) is 0 Å². The van der Waals surface area contributed by atoms with Crippen LogP contribution in [0.2, 0.25) is 0 Å². The Balaban J connectivity index is 2.22. The quantitative estimate of drug-likeness (QED) is 0.367. The summed E-state index contributed by atoms with van der Waals surface area (Å²) in [5.74, 6) is -6.38. The number of ether oxygens (including phenoxy) is 1. The van der Waals surface area contributed by atoms with E-state index in [1.165, 1.54) is 19.3 Å². The first-order valence-corrected chi connectivity index (χ1v) is 8.54. The Hall–Kier alpha value is -2.05. The van der Waals surface area contributed by atoms with Crippen LogP contribution in [-0.2, 0) is 9.53 Å². The molecular weight excluding hydrogens is 335 g/mol. The standard InChI is InChI=1S/C18H24F3NO3/c1-2-3-4-5-6-7-8-11-25-15(23)12-22-18(24)13-9-10-14(19)17(21)16(13)20/h9-10H,2-8,11-12H2,1H3,(H,22,24). The SMILES string of the molecule is CCCCCCCCCOC(=O)CNC(=O)c1ccc(F)c(F)c1F. The lowest BCUT2D eigenvalue weighted by Crippen LogP contribution is -2.31. The van der Waals surface area contributed by atoms with Crippen LogP contribution in [0.5, 0.6) is 0 Å². The van der Waals surface area contributed by atoms with Gasteiger partial charge in [0.05, 0.1) is 12.2 Å². The van der Waals surface area contributed by atoms with Crippen molar-refractivity contribution >= 4 is 11.9 Å². The summed E-state index contributed by atoms with van der Waals surface area (Å²) >= 11 is 0. The minimum atomic E-state index is -1.73. The Morgan fingerprint density at radius 2 is 1.60 bits per heavy atom. The zero-order valence-electron chi connectivity index (χ0n) is 14.4. The van der Waals surface area contributed by atoms with Gasteiger partial charge in [-0.05, 0) is 18.6 Å². The molecule has 0 radical (unpaired) electrons. The van der Waals surface area contributed by atoms with E-state index < -0.39 is 41.4 Å². The van der Waals surface area contributed by atoms with Crippen LogP contribution in [0, 0.1) is 17.5 Å². The van der Waals surface area contributed by atoms with E-state index in [0.29, 0.717) is 6.07 Å². The molecule has 0 aromatic heterocycles. The molecule has 1 aromatic rings. The van der Waals surface area contributed by atoms with Crippen molar-refractivity contribution in [1.29, 1.82) is 0 Å². The molecule has 1 N–H and O–H groups in total. The number of amides is 1. The Labute approximate surface area is 145 Å². The van der Waals surface area contributed by atoms with Crippen molar-refractivity contribution in [1.82, 2.24) is 5.32 Å². The van der Waals surface area contributed by atoms with Gasteiger partial charge in [-0.1, -0.05) is 45.4 Å². The van der Waals surface area contributed by atoms with Gasteiger partial charge in [-0.25, -0.2) is 13.2 Å². The van der Waals surface area contributed by atoms with Crippen LogP contribution >= 0.6 is 0 Å². The molecule has 0 spiro atoms. The number of rotatable bonds is 11. The number of hydrogen-bond acceptors (Lipinski definition) is 3. The normalized spacial score (nSPS) is 10.6. The zero-order chi connectivity index (χ0) is 18.7. The second-order valence-corrected chi connectivity index (χ2v) is 5.75. The average molecular weight is 359 g/mol. The number of carbonyl (C=O) groups excluding carboxylic acids is 2. The molecule has 0 atom stereocenters. The number of esters is 1. The molecule has 0 saturated carbocycles. The molecule has 0 fully saturated rings. The summed E-state index contributed by atoms with van der Waals surface area (Å²) in [4.78, 5) is 23.2. The molecule has 0 unspecified atom stereocenters. The van der Waals surface area contributed by atoms with E-state index >= 15 is 0 Å². The third-order valence-electron chi connectivity index (χ3n) is 3.68. The highest BCUT2D eigenvalue weighted by atomic mass is 19.2. The van der Waals surface area contributed by atoms with Gasteiger partial charge in [0, 0.05) is 0 Å². The average Bonchev–Trinajstić information content (AvgIpc) is 2.60. The summed E-state index contributed by atoms with van der Waals surface area (Å²) in [7, 11) is 0. The first-order valence-electron chi connectivity index (χ1n) is 8.54. The maximum atomic E-state index is 13.4. The molecule has 1 amide bonds. The number of benzene rings is 1. The molecule has 1 rings (SSSR count). The fraction of sp³-hybridized carbons (Fsp3) is 0.556. The molecule has 0 aliphatic carbocycles. The molecular formula is C18H24F3NO3. The van der Waals surface area contributed by atoms with Gasteiger partial charge in [-0.3, -0.25) is 9.59 Å². The molecule has 0 bridgehead atoms. The van der Waals surface area contributed by atoms with Crippen LogP contribution in [0.15, 0.2) is 12.1 Å². The second kappa shape index (κ2) is 11.5. The van der Waals surface area contributed by atoms with Crippen molar-refractivity contribution in [2.24, 2.45) is 0 Å². The van der Waals surface area contributed by atoms with E-state index in [2.05, 4.69) is 12.2 Å². The lowest BCUT2D eigenvalue weighted by Gasteiger charge is -2.08. The minimum absolute atomic E-state index is 0.252. The van der Waals surface area contributed by atoms with Crippen molar-refractivity contribution in [2.75, 3.05) is 13.2 Å². The largest absolute Gasteiger partial charge is 0.464 e. The predicted octanol–water partition coefficient (Wildman–Crippen LogP) is 4.13. The summed E-state index contributed by atoms with van der Waals surface area (Å²) in [6.07, 6.45) is 7.59. The summed E-state index contributed by atoms with van der Waals surface area (Å²) < 4.78 is 44.3. The summed E-state index contributed by atoms with van der Waals surface area (Å²) in [6, 6.07) is 1.46. The van der Waals surface area contributed by atoms with Crippen LogP contribution in [-0.4, -0.2) is 25.0 Å². The van der Waals surface area contributed by atoms with Crippen LogP contribution in [0.4, 0.5) is 13.2 Å². The molecule has 0 aliphatic rings. The molecule has 25 heavy (non-hydrogen) atoms. The molecule has 1 aromatic carbocycles. The molecule has 140 valence electrons. The van der Waals surface area contributed by atoms with Gasteiger partial charge in [-0.2, -0.15) is 0 Å². The third-order valence-corrected chi connectivity index (χ3v) is 3.68. The number of unbranched alkanes of at least 4 members (excludes halogenated alkanes) is 6. The van der Waals surface area contributed by atoms with Crippen LogP contribution in [0.1, 0.15) is 62.2 Å². The van der Waals surface area contributed by atoms with Gasteiger partial charge in [0.2, 0.25) is 0 Å². The van der Waals surface area contributed by atoms with E-state index in [0.717, 1.165) is 31.7 Å². The zero-order valence-corrected chi connectivity index (χ0v) is 14.4. The van der Waals surface area contributed by atoms with Crippen molar-refractivity contribution in [3.05, 3.63) is 35.1 Å². The van der Waals surface area contributed by atoms with E-state index in [1.54, 1.807) is 0 Å². The predicted molar refractivity (Wildman–Crippen MR) is 87.6 cm³/mol. The molecule has 0 heterocycles. The van der Waals surface area contributed by atoms with Crippen molar-refractivity contribution < 1.29 is 27.5 Å². The minimum Gasteiger partial charge on any atom is -0.464 e. The van der Waals surface area contributed by atoms with Crippen LogP contribution in [0.25, 0.3) is 0 Å². The van der Waals surface area contributed by atoms with Crippen molar-refractivity contribution in [2.45, 2.75) is 51.9 Å². The van der Waals surface area contributed by atoms with E-state index in [-0.39, 0.29) is 6.61 Å². The fourth-order valence-electron chi connectivity index (χ4n) is 2.25. The summed E-state index contributed by atoms with van der Waals surface area (Å²) in [6.45, 7) is 1.94. The lowest BCUT2D eigenvalue weighted by atomic mass is 10.1. The Kier molecular flexibility index (Phi) is 9.65. The third kappa shape index (κ3) is 7.58. The Morgan fingerprint density at radius 3 is 2.28 bits per heavy atom. The first-order chi connectivity index (χ1) is 12.0. The first kappa shape index (κ1) is 21.0. The highest BCUT2D eigenvalue weighted by Gasteiger charge is 2.19. The summed E-state index contributed by atoms with van der Waals surface area (Å²) in [5.41, 5.74) is -0.668. The fourth-order valence-corrected chi connectivity index (χ4v) is 2.25. The maximum absolute atomic E-state index is 13.4. The van der Waals surface area contributed by atoms with E-state index in [1.807, 2.05) is 0 Å². The molecule has 0 saturated heterocycles. The van der Waals surface area contributed by atoms with Gasteiger partial charge in [0.15, 0.2) is 17.5 Å². The number of halogens is 3. The van der Waals surface area contributed by atoms with Crippen molar-refractivity contribution in [3.63, 3.8) is 0 Å². The van der Waals surface area contributed by atoms with Crippen LogP contribution < -0.4 is 5.32 Å². The van der Waals surface area contributed by atoms with Gasteiger partial charge < -0.3 is 10.1 Å². The highest BCUT2D eigenvalue weighted by Crippen LogP contribution is 2.15. The molecule has 0 aliphatic heterocycles. The van der Waals surface area contributed by atoms with Crippen LogP contribution in [0.3, 0.4) is 0 Å². The monoisotopic (exact) mass is 359 g/mol. The van der Waals surface area contributed by atoms with Gasteiger partial charge >= 0.3 is 5.97 Å². The van der Waals surface area contributed by atoms with E-state index in [4.69, 9.17) is 4.74 Å². The smallest absolute Gasteiger partial charge is 0.325 e. The second-order valence-electron chi connectivity index (χ2n) is 5.75. The molecule has 7 heteroatoms. The van der Waals surface area contributed by atoms with Gasteiger partial charge in [0.1, 0.15) is 6.54 Å². The van der Waals surface area contributed by atoms with Crippen molar-refractivity contribution in [3.8, 4) is 0 Å². The number of nitrogens with one attached hydrogen (secondary N) is 1.